The van der Waals surface area contributed by atoms with Crippen molar-refractivity contribution in [1.29, 1.82) is 0 Å². The largest absolute Gasteiger partial charge is 0.330 e. The van der Waals surface area contributed by atoms with E-state index in [1.54, 1.807) is 0 Å². The van der Waals surface area contributed by atoms with Crippen LogP contribution in [0.5, 0.6) is 0 Å². The molecule has 1 rings (SSSR count). The molecule has 2 N–H and O–H groups in total. The normalized spacial score (nSPS) is 10.6. The van der Waals surface area contributed by atoms with Gasteiger partial charge in [0.1, 0.15) is 5.82 Å². The molecule has 0 fully saturated rings. The number of benzene rings is 1. The van der Waals surface area contributed by atoms with Crippen LogP contribution in [0.4, 0.5) is 4.39 Å². The quantitative estimate of drug-likeness (QED) is 0.787. The maximum Gasteiger partial charge on any atom is 0.127 e. The standard InChI is InChI=1S/C12H17BrFN/c13-11-7-6-10(12(14)9-11)5-3-1-2-4-8-15/h6-7,9H,1-5,8,15H2. The number of rotatable bonds is 6. The summed E-state index contributed by atoms with van der Waals surface area (Å²) in [5.74, 6) is -0.108. The summed E-state index contributed by atoms with van der Waals surface area (Å²) >= 11 is 3.24. The van der Waals surface area contributed by atoms with Gasteiger partial charge in [-0.3, -0.25) is 0 Å². The van der Waals surface area contributed by atoms with E-state index in [2.05, 4.69) is 15.9 Å². The molecule has 0 atom stereocenters. The Hall–Kier alpha value is -0.410. The number of nitrogens with two attached hydrogens (primary N) is 1. The predicted molar refractivity (Wildman–Crippen MR) is 65.3 cm³/mol. The summed E-state index contributed by atoms with van der Waals surface area (Å²) < 4.78 is 14.2. The van der Waals surface area contributed by atoms with Crippen molar-refractivity contribution < 1.29 is 4.39 Å². The summed E-state index contributed by atoms with van der Waals surface area (Å²) in [6, 6.07) is 5.26. The van der Waals surface area contributed by atoms with Crippen molar-refractivity contribution in [3.8, 4) is 0 Å². The summed E-state index contributed by atoms with van der Waals surface area (Å²) in [6.07, 6.45) is 5.21. The molecule has 1 aromatic rings. The molecule has 3 heteroatoms. The van der Waals surface area contributed by atoms with Crippen LogP contribution in [0, 0.1) is 5.82 Å². The van der Waals surface area contributed by atoms with Gasteiger partial charge in [0.05, 0.1) is 0 Å². The first-order valence-electron chi connectivity index (χ1n) is 5.38. The molecule has 0 aliphatic rings. The Bertz CT molecular complexity index is 302. The van der Waals surface area contributed by atoms with Crippen LogP contribution in [0.25, 0.3) is 0 Å². The Balaban J connectivity index is 2.31. The smallest absolute Gasteiger partial charge is 0.127 e. The lowest BCUT2D eigenvalue weighted by Crippen LogP contribution is -1.98. The summed E-state index contributed by atoms with van der Waals surface area (Å²) in [5, 5.41) is 0. The second-order valence-corrected chi connectivity index (χ2v) is 4.60. The molecule has 0 radical (unpaired) electrons. The SMILES string of the molecule is NCCCCCCc1ccc(Br)cc1F. The van der Waals surface area contributed by atoms with Crippen LogP contribution in [-0.4, -0.2) is 6.54 Å². The lowest BCUT2D eigenvalue weighted by molar-refractivity contribution is 0.590. The molecule has 0 unspecified atom stereocenters. The molecular weight excluding hydrogens is 257 g/mol. The second kappa shape index (κ2) is 6.96. The third kappa shape index (κ3) is 4.76. The molecule has 0 saturated carbocycles. The van der Waals surface area contributed by atoms with Gasteiger partial charge in [0.15, 0.2) is 0 Å². The molecule has 84 valence electrons. The summed E-state index contributed by atoms with van der Waals surface area (Å²) in [4.78, 5) is 0. The van der Waals surface area contributed by atoms with E-state index in [-0.39, 0.29) is 5.82 Å². The van der Waals surface area contributed by atoms with Crippen molar-refractivity contribution in [1.82, 2.24) is 0 Å². The van der Waals surface area contributed by atoms with Gasteiger partial charge in [-0.15, -0.1) is 0 Å². The van der Waals surface area contributed by atoms with Crippen molar-refractivity contribution in [2.75, 3.05) is 6.54 Å². The fraction of sp³-hybridized carbons (Fsp3) is 0.500. The Morgan fingerprint density at radius 3 is 2.53 bits per heavy atom. The van der Waals surface area contributed by atoms with E-state index in [1.807, 2.05) is 12.1 Å². The first-order valence-corrected chi connectivity index (χ1v) is 6.17. The molecule has 0 aromatic heterocycles. The van der Waals surface area contributed by atoms with Crippen molar-refractivity contribution in [3.05, 3.63) is 34.1 Å². The maximum absolute atomic E-state index is 13.4. The lowest BCUT2D eigenvalue weighted by atomic mass is 10.1. The Morgan fingerprint density at radius 1 is 1.13 bits per heavy atom. The van der Waals surface area contributed by atoms with E-state index in [4.69, 9.17) is 5.73 Å². The Labute approximate surface area is 99.0 Å². The van der Waals surface area contributed by atoms with Crippen LogP contribution in [-0.2, 0) is 6.42 Å². The topological polar surface area (TPSA) is 26.0 Å². The zero-order valence-electron chi connectivity index (χ0n) is 8.81. The molecule has 15 heavy (non-hydrogen) atoms. The van der Waals surface area contributed by atoms with Gasteiger partial charge in [-0.05, 0) is 43.5 Å². The average Bonchev–Trinajstić information content (AvgIpc) is 2.20. The predicted octanol–water partition coefficient (Wildman–Crippen LogP) is 3.65. The van der Waals surface area contributed by atoms with Gasteiger partial charge >= 0.3 is 0 Å². The minimum atomic E-state index is -0.108. The van der Waals surface area contributed by atoms with Gasteiger partial charge in [0, 0.05) is 4.47 Å². The van der Waals surface area contributed by atoms with Crippen molar-refractivity contribution in [2.45, 2.75) is 32.1 Å². The Morgan fingerprint density at radius 2 is 1.87 bits per heavy atom. The fourth-order valence-corrected chi connectivity index (χ4v) is 1.87. The summed E-state index contributed by atoms with van der Waals surface area (Å²) in [5.41, 5.74) is 6.21. The van der Waals surface area contributed by atoms with Crippen LogP contribution in [0.2, 0.25) is 0 Å². The minimum absolute atomic E-state index is 0.108. The highest BCUT2D eigenvalue weighted by Gasteiger charge is 2.01. The minimum Gasteiger partial charge on any atom is -0.330 e. The molecule has 0 spiro atoms. The van der Waals surface area contributed by atoms with E-state index < -0.39 is 0 Å². The first kappa shape index (κ1) is 12.7. The highest BCUT2D eigenvalue weighted by Crippen LogP contribution is 2.17. The van der Waals surface area contributed by atoms with Gasteiger partial charge in [0.2, 0.25) is 0 Å². The second-order valence-electron chi connectivity index (χ2n) is 3.69. The first-order chi connectivity index (χ1) is 7.24. The molecule has 0 bridgehead atoms. The summed E-state index contributed by atoms with van der Waals surface area (Å²) in [6.45, 7) is 0.757. The number of hydrogen-bond donors (Lipinski definition) is 1. The van der Waals surface area contributed by atoms with Crippen LogP contribution in [0.3, 0.4) is 0 Å². The third-order valence-corrected chi connectivity index (χ3v) is 2.91. The zero-order chi connectivity index (χ0) is 11.1. The monoisotopic (exact) mass is 273 g/mol. The van der Waals surface area contributed by atoms with Gasteiger partial charge in [-0.2, -0.15) is 0 Å². The van der Waals surface area contributed by atoms with Gasteiger partial charge < -0.3 is 5.73 Å². The fourth-order valence-electron chi connectivity index (χ4n) is 1.54. The molecule has 0 aliphatic carbocycles. The maximum atomic E-state index is 13.4. The van der Waals surface area contributed by atoms with E-state index in [1.165, 1.54) is 6.07 Å². The molecule has 1 nitrogen and oxygen atoms in total. The van der Waals surface area contributed by atoms with E-state index >= 15 is 0 Å². The molecule has 0 aliphatic heterocycles. The van der Waals surface area contributed by atoms with E-state index in [0.717, 1.165) is 48.7 Å². The van der Waals surface area contributed by atoms with Crippen LogP contribution < -0.4 is 5.73 Å². The van der Waals surface area contributed by atoms with E-state index in [9.17, 15) is 4.39 Å². The van der Waals surface area contributed by atoms with Crippen LogP contribution in [0.15, 0.2) is 22.7 Å². The highest BCUT2D eigenvalue weighted by molar-refractivity contribution is 9.10. The molecule has 1 aromatic carbocycles. The average molecular weight is 274 g/mol. The third-order valence-electron chi connectivity index (χ3n) is 2.42. The highest BCUT2D eigenvalue weighted by atomic mass is 79.9. The van der Waals surface area contributed by atoms with Crippen molar-refractivity contribution in [2.24, 2.45) is 5.73 Å². The number of hydrogen-bond acceptors (Lipinski definition) is 1. The van der Waals surface area contributed by atoms with Crippen molar-refractivity contribution in [3.63, 3.8) is 0 Å². The summed E-state index contributed by atoms with van der Waals surface area (Å²) in [7, 11) is 0. The van der Waals surface area contributed by atoms with E-state index in [0.29, 0.717) is 0 Å². The van der Waals surface area contributed by atoms with Gasteiger partial charge in [-0.25, -0.2) is 4.39 Å². The zero-order valence-corrected chi connectivity index (χ0v) is 10.4. The molecule has 0 saturated heterocycles. The number of aryl methyl sites for hydroxylation is 1. The number of halogens is 2. The van der Waals surface area contributed by atoms with Crippen LogP contribution >= 0.6 is 15.9 Å². The van der Waals surface area contributed by atoms with Crippen molar-refractivity contribution >= 4 is 15.9 Å². The molecule has 0 amide bonds. The number of unbranched alkanes of at least 4 members (excludes halogenated alkanes) is 3. The molecular formula is C12H17BrFN. The van der Waals surface area contributed by atoms with Crippen LogP contribution in [0.1, 0.15) is 31.2 Å². The van der Waals surface area contributed by atoms with Gasteiger partial charge in [0.25, 0.3) is 0 Å². The molecule has 0 heterocycles. The Kier molecular flexibility index (Phi) is 5.88. The van der Waals surface area contributed by atoms with Gasteiger partial charge in [-0.1, -0.05) is 34.8 Å². The lowest BCUT2D eigenvalue weighted by Gasteiger charge is -2.03.